The van der Waals surface area contributed by atoms with Gasteiger partial charge in [-0.15, -0.1) is 0 Å². The highest BCUT2D eigenvalue weighted by Crippen LogP contribution is 2.28. The summed E-state index contributed by atoms with van der Waals surface area (Å²) in [6.45, 7) is 4.09. The summed E-state index contributed by atoms with van der Waals surface area (Å²) in [6.07, 6.45) is 2.55. The number of benzene rings is 2. The molecular weight excluding hydrogens is 372 g/mol. The predicted octanol–water partition coefficient (Wildman–Crippen LogP) is 3.93. The summed E-state index contributed by atoms with van der Waals surface area (Å²) >= 11 is 6.02. The number of aryl methyl sites for hydroxylation is 1. The fourth-order valence-electron chi connectivity index (χ4n) is 3.43. The van der Waals surface area contributed by atoms with Crippen molar-refractivity contribution in [2.45, 2.75) is 26.4 Å². The minimum atomic E-state index is -0.298. The normalized spacial score (nSPS) is 12.7. The second-order valence-corrected chi connectivity index (χ2v) is 7.32. The van der Waals surface area contributed by atoms with Crippen LogP contribution in [0.4, 0.5) is 5.69 Å². The zero-order valence-electron chi connectivity index (χ0n) is 15.7. The van der Waals surface area contributed by atoms with Gasteiger partial charge in [-0.2, -0.15) is 0 Å². The number of halogens is 1. The maximum Gasteiger partial charge on any atom is 0.271 e. The molecule has 1 amide bonds. The van der Waals surface area contributed by atoms with Gasteiger partial charge in [0.1, 0.15) is 11.5 Å². The predicted molar refractivity (Wildman–Crippen MR) is 111 cm³/mol. The Labute approximate surface area is 169 Å². The van der Waals surface area contributed by atoms with E-state index in [1.54, 1.807) is 6.92 Å². The molecule has 142 valence electrons. The number of hydrogen-bond donors (Lipinski definition) is 1. The summed E-state index contributed by atoms with van der Waals surface area (Å²) in [4.78, 5) is 22.8. The zero-order valence-corrected chi connectivity index (χ0v) is 16.4. The Balaban J connectivity index is 1.36. The number of hydrogen-bond acceptors (Lipinski definition) is 4. The maximum atomic E-state index is 12.3. The van der Waals surface area contributed by atoms with Gasteiger partial charge in [0, 0.05) is 25.3 Å². The number of carbonyl (C=O) groups excluding carboxylic acids is 1. The number of aromatic nitrogens is 2. The van der Waals surface area contributed by atoms with Crippen molar-refractivity contribution < 1.29 is 4.79 Å². The van der Waals surface area contributed by atoms with Crippen LogP contribution in [-0.2, 0) is 19.5 Å². The second kappa shape index (κ2) is 7.98. The molecule has 0 saturated carbocycles. The van der Waals surface area contributed by atoms with Crippen LogP contribution in [0.3, 0.4) is 0 Å². The molecule has 0 bridgehead atoms. The van der Waals surface area contributed by atoms with Gasteiger partial charge in [-0.05, 0) is 36.1 Å². The molecule has 0 saturated heterocycles. The van der Waals surface area contributed by atoms with E-state index in [4.69, 9.17) is 11.6 Å². The SMILES string of the molecule is Cc1ncc(Cl)c(C(=O)NCc2ccc(CN3CCc4ccccc43)cc2)n1. The second-order valence-electron chi connectivity index (χ2n) is 6.91. The van der Waals surface area contributed by atoms with Gasteiger partial charge >= 0.3 is 0 Å². The maximum absolute atomic E-state index is 12.3. The molecule has 0 unspecified atom stereocenters. The highest BCUT2D eigenvalue weighted by atomic mass is 35.5. The lowest BCUT2D eigenvalue weighted by Gasteiger charge is -2.19. The first kappa shape index (κ1) is 18.4. The molecule has 1 N–H and O–H groups in total. The van der Waals surface area contributed by atoms with Crippen LogP contribution < -0.4 is 10.2 Å². The van der Waals surface area contributed by atoms with Gasteiger partial charge in [0.15, 0.2) is 0 Å². The Kier molecular flexibility index (Phi) is 5.26. The summed E-state index contributed by atoms with van der Waals surface area (Å²) in [7, 11) is 0. The molecule has 0 atom stereocenters. The van der Waals surface area contributed by atoms with E-state index in [1.807, 2.05) is 12.1 Å². The van der Waals surface area contributed by atoms with Crippen molar-refractivity contribution in [3.05, 3.63) is 88.0 Å². The number of fused-ring (bicyclic) bond motifs is 1. The average Bonchev–Trinajstić information content (AvgIpc) is 3.12. The Morgan fingerprint density at radius 2 is 1.89 bits per heavy atom. The number of rotatable bonds is 5. The molecule has 28 heavy (non-hydrogen) atoms. The molecular formula is C22H21ClN4O. The molecule has 0 spiro atoms. The quantitative estimate of drug-likeness (QED) is 0.714. The summed E-state index contributed by atoms with van der Waals surface area (Å²) in [6, 6.07) is 16.9. The number of anilines is 1. The fraction of sp³-hybridized carbons (Fsp3) is 0.227. The molecule has 0 radical (unpaired) electrons. The number of carbonyl (C=O) groups is 1. The minimum absolute atomic E-state index is 0.207. The lowest BCUT2D eigenvalue weighted by atomic mass is 10.1. The molecule has 2 aromatic carbocycles. The van der Waals surface area contributed by atoms with Gasteiger partial charge in [0.2, 0.25) is 0 Å². The van der Waals surface area contributed by atoms with Gasteiger partial charge in [-0.1, -0.05) is 54.1 Å². The minimum Gasteiger partial charge on any atom is -0.367 e. The largest absolute Gasteiger partial charge is 0.367 e. The van der Waals surface area contributed by atoms with Crippen molar-refractivity contribution in [2.75, 3.05) is 11.4 Å². The van der Waals surface area contributed by atoms with Crippen LogP contribution in [0.25, 0.3) is 0 Å². The van der Waals surface area contributed by atoms with Gasteiger partial charge in [0.25, 0.3) is 5.91 Å². The highest BCUT2D eigenvalue weighted by Gasteiger charge is 2.18. The Bertz CT molecular complexity index is 1000. The van der Waals surface area contributed by atoms with Gasteiger partial charge in [0.05, 0.1) is 11.2 Å². The third kappa shape index (κ3) is 3.99. The van der Waals surface area contributed by atoms with Gasteiger partial charge < -0.3 is 10.2 Å². The first-order valence-electron chi connectivity index (χ1n) is 9.28. The van der Waals surface area contributed by atoms with Crippen molar-refractivity contribution in [3.63, 3.8) is 0 Å². The molecule has 4 rings (SSSR count). The number of para-hydroxylation sites is 1. The molecule has 1 aromatic heterocycles. The molecule has 5 nitrogen and oxygen atoms in total. The molecule has 3 aromatic rings. The number of nitrogens with zero attached hydrogens (tertiary/aromatic N) is 3. The summed E-state index contributed by atoms with van der Waals surface area (Å²) in [5, 5.41) is 3.12. The summed E-state index contributed by atoms with van der Waals surface area (Å²) in [5.74, 6) is 0.218. The highest BCUT2D eigenvalue weighted by molar-refractivity contribution is 6.33. The lowest BCUT2D eigenvalue weighted by Crippen LogP contribution is -2.24. The third-order valence-electron chi connectivity index (χ3n) is 4.91. The van der Waals surface area contributed by atoms with Crippen molar-refractivity contribution in [1.29, 1.82) is 0 Å². The standard InChI is InChI=1S/C22H21ClN4O/c1-15-24-13-19(23)21(26-15)22(28)25-12-16-6-8-17(9-7-16)14-27-11-10-18-4-2-3-5-20(18)27/h2-9,13H,10-12,14H2,1H3,(H,25,28). The topological polar surface area (TPSA) is 58.1 Å². The van der Waals surface area contributed by atoms with Crippen molar-refractivity contribution in [2.24, 2.45) is 0 Å². The van der Waals surface area contributed by atoms with Crippen molar-refractivity contribution in [3.8, 4) is 0 Å². The van der Waals surface area contributed by atoms with Crippen LogP contribution in [0.1, 0.15) is 33.0 Å². The Hall–Kier alpha value is -2.92. The van der Waals surface area contributed by atoms with Crippen LogP contribution in [0.2, 0.25) is 5.02 Å². The zero-order chi connectivity index (χ0) is 19.5. The van der Waals surface area contributed by atoms with Gasteiger partial charge in [-0.25, -0.2) is 9.97 Å². The van der Waals surface area contributed by atoms with E-state index in [0.29, 0.717) is 12.4 Å². The smallest absolute Gasteiger partial charge is 0.271 e. The Morgan fingerprint density at radius 1 is 1.14 bits per heavy atom. The first-order chi connectivity index (χ1) is 13.6. The molecule has 6 heteroatoms. The Morgan fingerprint density at radius 3 is 2.71 bits per heavy atom. The van der Waals surface area contributed by atoms with Crippen LogP contribution in [0, 0.1) is 6.92 Å². The number of amides is 1. The summed E-state index contributed by atoms with van der Waals surface area (Å²) < 4.78 is 0. The van der Waals surface area contributed by atoms with E-state index < -0.39 is 0 Å². The fourth-order valence-corrected chi connectivity index (χ4v) is 3.61. The van der Waals surface area contributed by atoms with Crippen LogP contribution >= 0.6 is 11.6 Å². The molecule has 0 fully saturated rings. The molecule has 2 heterocycles. The van der Waals surface area contributed by atoms with E-state index >= 15 is 0 Å². The number of nitrogens with one attached hydrogen (secondary N) is 1. The van der Waals surface area contributed by atoms with Crippen LogP contribution in [0.5, 0.6) is 0 Å². The van der Waals surface area contributed by atoms with Crippen molar-refractivity contribution >= 4 is 23.2 Å². The molecule has 1 aliphatic heterocycles. The average molecular weight is 393 g/mol. The lowest BCUT2D eigenvalue weighted by molar-refractivity contribution is 0.0945. The molecule has 1 aliphatic rings. The van der Waals surface area contributed by atoms with Crippen LogP contribution in [0.15, 0.2) is 54.7 Å². The van der Waals surface area contributed by atoms with Crippen molar-refractivity contribution in [1.82, 2.24) is 15.3 Å². The van der Waals surface area contributed by atoms with E-state index in [1.165, 1.54) is 23.0 Å². The monoisotopic (exact) mass is 392 g/mol. The van der Waals surface area contributed by atoms with E-state index in [9.17, 15) is 4.79 Å². The van der Waals surface area contributed by atoms with Gasteiger partial charge in [-0.3, -0.25) is 4.79 Å². The van der Waals surface area contributed by atoms with E-state index in [2.05, 4.69) is 56.6 Å². The first-order valence-corrected chi connectivity index (χ1v) is 9.66. The van der Waals surface area contributed by atoms with Crippen LogP contribution in [-0.4, -0.2) is 22.4 Å². The summed E-state index contributed by atoms with van der Waals surface area (Å²) in [5.41, 5.74) is 5.23. The molecule has 0 aliphatic carbocycles. The third-order valence-corrected chi connectivity index (χ3v) is 5.19. The van der Waals surface area contributed by atoms with E-state index in [-0.39, 0.29) is 16.6 Å². The van der Waals surface area contributed by atoms with E-state index in [0.717, 1.165) is 25.1 Å².